The van der Waals surface area contributed by atoms with E-state index >= 15 is 0 Å². The highest BCUT2D eigenvalue weighted by Gasteiger charge is 1.79. The molecule has 0 aromatic heterocycles. The van der Waals surface area contributed by atoms with Gasteiger partial charge in [0, 0.05) is 0 Å². The van der Waals surface area contributed by atoms with Gasteiger partial charge in [0.05, 0.1) is 26.4 Å². The first-order valence-electron chi connectivity index (χ1n) is 3.80. The number of ether oxygens (including phenoxy) is 1. The first-order chi connectivity index (χ1) is 6.33. The highest BCUT2D eigenvalue weighted by atomic mass is 16.5. The van der Waals surface area contributed by atoms with E-state index in [2.05, 4.69) is 16.6 Å². The molecule has 78 valence electrons. The molecule has 0 amide bonds. The van der Waals surface area contributed by atoms with Gasteiger partial charge in [-0.25, -0.2) is 0 Å². The Morgan fingerprint density at radius 2 is 1.15 bits per heavy atom. The van der Waals surface area contributed by atoms with Crippen LogP contribution in [0.15, 0.2) is 0 Å². The molecule has 0 aromatic rings. The van der Waals surface area contributed by atoms with E-state index in [1.807, 2.05) is 0 Å². The van der Waals surface area contributed by atoms with Crippen LogP contribution in [-0.2, 0) is 4.74 Å². The minimum Gasteiger partial charge on any atom is -0.394 e. The van der Waals surface area contributed by atoms with E-state index in [0.29, 0.717) is 13.2 Å². The molecule has 0 saturated carbocycles. The maximum atomic E-state index is 8.09. The Kier molecular flexibility index (Phi) is 19.9. The van der Waals surface area contributed by atoms with Crippen molar-refractivity contribution >= 4 is 0 Å². The SMILES string of the molecule is OCC#CCO.OCCOCCO. The number of rotatable bonds is 4. The van der Waals surface area contributed by atoms with Gasteiger partial charge in [0.1, 0.15) is 13.2 Å². The molecule has 0 fully saturated rings. The largest absolute Gasteiger partial charge is 0.394 e. The fourth-order valence-electron chi connectivity index (χ4n) is 0.343. The molecule has 0 aromatic carbocycles. The van der Waals surface area contributed by atoms with Crippen molar-refractivity contribution in [1.82, 2.24) is 0 Å². The molecule has 13 heavy (non-hydrogen) atoms. The lowest BCUT2D eigenvalue weighted by atomic mass is 10.6. The van der Waals surface area contributed by atoms with Gasteiger partial charge in [0.2, 0.25) is 0 Å². The van der Waals surface area contributed by atoms with Gasteiger partial charge in [-0.2, -0.15) is 0 Å². The van der Waals surface area contributed by atoms with Crippen LogP contribution in [0.3, 0.4) is 0 Å². The lowest BCUT2D eigenvalue weighted by Crippen LogP contribution is -2.03. The Hall–Kier alpha value is -0.640. The summed E-state index contributed by atoms with van der Waals surface area (Å²) >= 11 is 0. The summed E-state index contributed by atoms with van der Waals surface area (Å²) in [5, 5.41) is 32.0. The summed E-state index contributed by atoms with van der Waals surface area (Å²) in [6.07, 6.45) is 0. The van der Waals surface area contributed by atoms with Crippen LogP contribution in [0.1, 0.15) is 0 Å². The Balaban J connectivity index is 0. The average Bonchev–Trinajstić information content (AvgIpc) is 2.17. The molecule has 0 rings (SSSR count). The fourth-order valence-corrected chi connectivity index (χ4v) is 0.343. The lowest BCUT2D eigenvalue weighted by molar-refractivity contribution is 0.0650. The summed E-state index contributed by atoms with van der Waals surface area (Å²) in [6.45, 7) is 0.363. The summed E-state index contributed by atoms with van der Waals surface area (Å²) in [5.41, 5.74) is 0. The first kappa shape index (κ1) is 14.9. The maximum Gasteiger partial charge on any atom is 0.104 e. The minimum absolute atomic E-state index is 0.0278. The minimum atomic E-state index is -0.166. The molecule has 0 aliphatic heterocycles. The number of hydrogen-bond donors (Lipinski definition) is 4. The molecule has 0 aliphatic rings. The summed E-state index contributed by atoms with van der Waals surface area (Å²) in [6, 6.07) is 0. The number of hydrogen-bond acceptors (Lipinski definition) is 5. The van der Waals surface area contributed by atoms with E-state index in [4.69, 9.17) is 20.4 Å². The highest BCUT2D eigenvalue weighted by Crippen LogP contribution is 1.68. The average molecular weight is 192 g/mol. The zero-order valence-corrected chi connectivity index (χ0v) is 7.44. The topological polar surface area (TPSA) is 90.2 Å². The third-order valence-corrected chi connectivity index (χ3v) is 0.754. The molecule has 0 atom stereocenters. The predicted octanol–water partition coefficient (Wildman–Crippen LogP) is -2.04. The molecule has 0 radical (unpaired) electrons. The van der Waals surface area contributed by atoms with Crippen LogP contribution in [0.4, 0.5) is 0 Å². The van der Waals surface area contributed by atoms with Gasteiger partial charge in [-0.05, 0) is 0 Å². The molecule has 0 spiro atoms. The monoisotopic (exact) mass is 192 g/mol. The van der Waals surface area contributed by atoms with Crippen molar-refractivity contribution in [3.8, 4) is 11.8 Å². The third kappa shape index (κ3) is 24.6. The summed E-state index contributed by atoms with van der Waals surface area (Å²) in [4.78, 5) is 0. The van der Waals surface area contributed by atoms with Gasteiger partial charge >= 0.3 is 0 Å². The van der Waals surface area contributed by atoms with Gasteiger partial charge < -0.3 is 25.2 Å². The Bertz CT molecular complexity index is 114. The van der Waals surface area contributed by atoms with Crippen molar-refractivity contribution in [3.05, 3.63) is 0 Å². The van der Waals surface area contributed by atoms with Crippen LogP contribution in [0, 0.1) is 11.8 Å². The Morgan fingerprint density at radius 3 is 1.38 bits per heavy atom. The quantitative estimate of drug-likeness (QED) is 0.304. The van der Waals surface area contributed by atoms with Gasteiger partial charge in [0.25, 0.3) is 0 Å². The van der Waals surface area contributed by atoms with Gasteiger partial charge in [-0.3, -0.25) is 0 Å². The molecule has 5 nitrogen and oxygen atoms in total. The zero-order chi connectivity index (χ0) is 10.4. The van der Waals surface area contributed by atoms with Crippen LogP contribution in [0.25, 0.3) is 0 Å². The van der Waals surface area contributed by atoms with Crippen molar-refractivity contribution in [2.75, 3.05) is 39.6 Å². The Labute approximate surface area is 77.6 Å². The molecule has 5 heteroatoms. The Morgan fingerprint density at radius 1 is 0.769 bits per heavy atom. The second-order valence-corrected chi connectivity index (χ2v) is 1.73. The molecule has 0 bridgehead atoms. The third-order valence-electron chi connectivity index (χ3n) is 0.754. The van der Waals surface area contributed by atoms with E-state index in [9.17, 15) is 0 Å². The number of aliphatic hydroxyl groups is 4. The number of aliphatic hydroxyl groups excluding tert-OH is 4. The highest BCUT2D eigenvalue weighted by molar-refractivity contribution is 4.97. The maximum absolute atomic E-state index is 8.09. The fraction of sp³-hybridized carbons (Fsp3) is 0.750. The zero-order valence-electron chi connectivity index (χ0n) is 7.44. The van der Waals surface area contributed by atoms with E-state index in [-0.39, 0.29) is 26.4 Å². The van der Waals surface area contributed by atoms with E-state index in [0.717, 1.165) is 0 Å². The summed E-state index contributed by atoms with van der Waals surface area (Å²) < 4.78 is 4.63. The summed E-state index contributed by atoms with van der Waals surface area (Å²) in [7, 11) is 0. The van der Waals surface area contributed by atoms with Crippen molar-refractivity contribution in [2.45, 2.75) is 0 Å². The van der Waals surface area contributed by atoms with Crippen molar-refractivity contribution in [3.63, 3.8) is 0 Å². The lowest BCUT2D eigenvalue weighted by Gasteiger charge is -1.94. The second-order valence-electron chi connectivity index (χ2n) is 1.73. The van der Waals surface area contributed by atoms with Crippen LogP contribution >= 0.6 is 0 Å². The molecular formula is C8H16O5. The van der Waals surface area contributed by atoms with E-state index in [1.54, 1.807) is 0 Å². The van der Waals surface area contributed by atoms with Crippen molar-refractivity contribution in [1.29, 1.82) is 0 Å². The molecule has 4 N–H and O–H groups in total. The van der Waals surface area contributed by atoms with Crippen molar-refractivity contribution in [2.24, 2.45) is 0 Å². The summed E-state index contributed by atoms with van der Waals surface area (Å²) in [5.74, 6) is 4.51. The smallest absolute Gasteiger partial charge is 0.104 e. The van der Waals surface area contributed by atoms with Crippen LogP contribution in [0.2, 0.25) is 0 Å². The first-order valence-corrected chi connectivity index (χ1v) is 3.80. The molecule has 0 unspecified atom stereocenters. The molecule has 0 aliphatic carbocycles. The van der Waals surface area contributed by atoms with Crippen molar-refractivity contribution < 1.29 is 25.2 Å². The van der Waals surface area contributed by atoms with Gasteiger partial charge in [-0.15, -0.1) is 0 Å². The van der Waals surface area contributed by atoms with E-state index in [1.165, 1.54) is 0 Å². The van der Waals surface area contributed by atoms with Crippen LogP contribution < -0.4 is 0 Å². The van der Waals surface area contributed by atoms with E-state index < -0.39 is 0 Å². The molecule has 0 heterocycles. The van der Waals surface area contributed by atoms with Crippen LogP contribution in [-0.4, -0.2) is 60.1 Å². The van der Waals surface area contributed by atoms with Gasteiger partial charge in [0.15, 0.2) is 0 Å². The molecular weight excluding hydrogens is 176 g/mol. The van der Waals surface area contributed by atoms with Gasteiger partial charge in [-0.1, -0.05) is 11.8 Å². The van der Waals surface area contributed by atoms with Crippen LogP contribution in [0.5, 0.6) is 0 Å². The normalized spacial score (nSPS) is 8.00. The standard InChI is InChI=1S/C4H10O3.C4H6O2/c5-1-3-7-4-2-6;5-3-1-2-4-6/h5-6H,1-4H2;5-6H,3-4H2. The second kappa shape index (κ2) is 17.4. The molecule has 0 saturated heterocycles. The predicted molar refractivity (Wildman–Crippen MR) is 46.9 cm³/mol.